The fraction of sp³-hybridized carbons (Fsp3) is 0.100. The SMILES string of the molecule is O=Cc1c(Cl)cccc1C#CCO. The smallest absolute Gasteiger partial charge is 0.152 e. The van der Waals surface area contributed by atoms with Crippen molar-refractivity contribution in [3.05, 3.63) is 34.3 Å². The van der Waals surface area contributed by atoms with Gasteiger partial charge in [-0.05, 0) is 12.1 Å². The number of hydrogen-bond acceptors (Lipinski definition) is 2. The molecule has 0 spiro atoms. The molecular formula is C10H7ClO2. The van der Waals surface area contributed by atoms with E-state index in [2.05, 4.69) is 11.8 Å². The summed E-state index contributed by atoms with van der Waals surface area (Å²) in [6.07, 6.45) is 0.656. The van der Waals surface area contributed by atoms with Crippen molar-refractivity contribution in [2.45, 2.75) is 0 Å². The molecule has 66 valence electrons. The van der Waals surface area contributed by atoms with Crippen LogP contribution in [0.1, 0.15) is 15.9 Å². The molecule has 1 aromatic carbocycles. The minimum absolute atomic E-state index is 0.231. The molecule has 0 aliphatic heterocycles. The van der Waals surface area contributed by atoms with Crippen LogP contribution in [0, 0.1) is 11.8 Å². The van der Waals surface area contributed by atoms with Gasteiger partial charge in [-0.3, -0.25) is 4.79 Å². The van der Waals surface area contributed by atoms with E-state index in [1.807, 2.05) is 0 Å². The van der Waals surface area contributed by atoms with Crippen molar-refractivity contribution >= 4 is 17.9 Å². The molecule has 3 heteroatoms. The third kappa shape index (κ3) is 2.32. The van der Waals surface area contributed by atoms with E-state index >= 15 is 0 Å². The van der Waals surface area contributed by atoms with Crippen LogP contribution in [0.5, 0.6) is 0 Å². The van der Waals surface area contributed by atoms with Crippen molar-refractivity contribution in [2.75, 3.05) is 6.61 Å². The second-order valence-electron chi connectivity index (χ2n) is 2.28. The van der Waals surface area contributed by atoms with Crippen molar-refractivity contribution in [3.8, 4) is 11.8 Å². The highest BCUT2D eigenvalue weighted by Gasteiger charge is 2.02. The monoisotopic (exact) mass is 194 g/mol. The van der Waals surface area contributed by atoms with Crippen LogP contribution in [0.4, 0.5) is 0 Å². The first-order valence-corrected chi connectivity index (χ1v) is 4.01. The largest absolute Gasteiger partial charge is 0.384 e. The molecule has 0 aliphatic rings. The summed E-state index contributed by atoms with van der Waals surface area (Å²) in [5.41, 5.74) is 0.904. The average Bonchev–Trinajstić information content (AvgIpc) is 2.15. The molecule has 1 aromatic rings. The lowest BCUT2D eigenvalue weighted by molar-refractivity contribution is 0.112. The molecule has 0 saturated heterocycles. The van der Waals surface area contributed by atoms with Gasteiger partial charge in [0.25, 0.3) is 0 Å². The Morgan fingerprint density at radius 1 is 1.54 bits per heavy atom. The van der Waals surface area contributed by atoms with Gasteiger partial charge in [-0.25, -0.2) is 0 Å². The van der Waals surface area contributed by atoms with Crippen molar-refractivity contribution in [2.24, 2.45) is 0 Å². The lowest BCUT2D eigenvalue weighted by atomic mass is 10.1. The Balaban J connectivity index is 3.20. The minimum atomic E-state index is -0.231. The van der Waals surface area contributed by atoms with Gasteiger partial charge in [0.2, 0.25) is 0 Å². The van der Waals surface area contributed by atoms with Gasteiger partial charge in [0, 0.05) is 11.1 Å². The number of benzene rings is 1. The van der Waals surface area contributed by atoms with E-state index in [-0.39, 0.29) is 6.61 Å². The maximum Gasteiger partial charge on any atom is 0.152 e. The molecule has 1 N–H and O–H groups in total. The molecule has 0 amide bonds. The van der Waals surface area contributed by atoms with Gasteiger partial charge in [-0.2, -0.15) is 0 Å². The maximum absolute atomic E-state index is 10.6. The molecule has 0 saturated carbocycles. The standard InChI is InChI=1S/C10H7ClO2/c11-10-5-1-3-8(4-2-6-12)9(10)7-13/h1,3,5,7,12H,6H2. The first-order chi connectivity index (χ1) is 6.29. The van der Waals surface area contributed by atoms with Gasteiger partial charge >= 0.3 is 0 Å². The lowest BCUT2D eigenvalue weighted by Gasteiger charge is -1.97. The molecule has 13 heavy (non-hydrogen) atoms. The van der Waals surface area contributed by atoms with E-state index in [1.54, 1.807) is 18.2 Å². The van der Waals surface area contributed by atoms with Gasteiger partial charge in [0.1, 0.15) is 6.61 Å². The first-order valence-electron chi connectivity index (χ1n) is 3.63. The highest BCUT2D eigenvalue weighted by molar-refractivity contribution is 6.33. The molecule has 0 heterocycles. The van der Waals surface area contributed by atoms with Crippen LogP contribution >= 0.6 is 11.6 Å². The molecule has 0 radical (unpaired) electrons. The quantitative estimate of drug-likeness (QED) is 0.544. The zero-order valence-corrected chi connectivity index (χ0v) is 7.51. The number of hydrogen-bond donors (Lipinski definition) is 1. The molecule has 0 aliphatic carbocycles. The Bertz CT molecular complexity index is 374. The molecule has 1 rings (SSSR count). The minimum Gasteiger partial charge on any atom is -0.384 e. The summed E-state index contributed by atoms with van der Waals surface area (Å²) in [4.78, 5) is 10.6. The Morgan fingerprint density at radius 2 is 2.31 bits per heavy atom. The summed E-state index contributed by atoms with van der Waals surface area (Å²) in [5, 5.41) is 8.84. The number of aliphatic hydroxyl groups is 1. The molecule has 0 aromatic heterocycles. The number of rotatable bonds is 1. The number of carbonyl (C=O) groups is 1. The number of halogens is 1. The normalized spacial score (nSPS) is 8.77. The first kappa shape index (κ1) is 9.79. The van der Waals surface area contributed by atoms with Crippen molar-refractivity contribution in [1.82, 2.24) is 0 Å². The molecule has 2 nitrogen and oxygen atoms in total. The molecule has 0 fully saturated rings. The van der Waals surface area contributed by atoms with E-state index in [4.69, 9.17) is 16.7 Å². The summed E-state index contributed by atoms with van der Waals surface area (Å²) in [6, 6.07) is 5.00. The summed E-state index contributed by atoms with van der Waals surface area (Å²) in [6.45, 7) is -0.231. The average molecular weight is 195 g/mol. The van der Waals surface area contributed by atoms with Crippen LogP contribution in [-0.4, -0.2) is 18.0 Å². The van der Waals surface area contributed by atoms with Gasteiger partial charge in [0.05, 0.1) is 5.02 Å². The highest BCUT2D eigenvalue weighted by Crippen LogP contribution is 2.16. The zero-order chi connectivity index (χ0) is 9.68. The van der Waals surface area contributed by atoms with Crippen LogP contribution in [0.25, 0.3) is 0 Å². The summed E-state index contributed by atoms with van der Waals surface area (Å²) in [7, 11) is 0. The van der Waals surface area contributed by atoms with Gasteiger partial charge in [-0.1, -0.05) is 29.5 Å². The van der Waals surface area contributed by atoms with E-state index in [1.165, 1.54) is 0 Å². The molecule has 0 atom stereocenters. The second-order valence-corrected chi connectivity index (χ2v) is 2.69. The number of aliphatic hydroxyl groups excluding tert-OH is 1. The predicted molar refractivity (Wildman–Crippen MR) is 50.8 cm³/mol. The van der Waals surface area contributed by atoms with E-state index < -0.39 is 0 Å². The van der Waals surface area contributed by atoms with Crippen molar-refractivity contribution in [3.63, 3.8) is 0 Å². The maximum atomic E-state index is 10.6. The number of carbonyl (C=O) groups excluding carboxylic acids is 1. The van der Waals surface area contributed by atoms with E-state index in [0.717, 1.165) is 0 Å². The summed E-state index contributed by atoms with van der Waals surface area (Å²) in [5.74, 6) is 5.09. The van der Waals surface area contributed by atoms with Crippen LogP contribution < -0.4 is 0 Å². The van der Waals surface area contributed by atoms with Crippen LogP contribution in [0.15, 0.2) is 18.2 Å². The lowest BCUT2D eigenvalue weighted by Crippen LogP contribution is -1.88. The highest BCUT2D eigenvalue weighted by atomic mass is 35.5. The number of aldehydes is 1. The van der Waals surface area contributed by atoms with Crippen LogP contribution in [0.2, 0.25) is 5.02 Å². The van der Waals surface area contributed by atoms with E-state index in [0.29, 0.717) is 22.4 Å². The zero-order valence-electron chi connectivity index (χ0n) is 6.75. The van der Waals surface area contributed by atoms with E-state index in [9.17, 15) is 4.79 Å². The summed E-state index contributed by atoms with van der Waals surface area (Å²) < 4.78 is 0. The second kappa shape index (κ2) is 4.66. The Hall–Kier alpha value is -1.30. The van der Waals surface area contributed by atoms with Crippen molar-refractivity contribution in [1.29, 1.82) is 0 Å². The topological polar surface area (TPSA) is 37.3 Å². The Kier molecular flexibility index (Phi) is 3.51. The fourth-order valence-electron chi connectivity index (χ4n) is 0.901. The molecular weight excluding hydrogens is 188 g/mol. The van der Waals surface area contributed by atoms with Gasteiger partial charge in [-0.15, -0.1) is 0 Å². The van der Waals surface area contributed by atoms with Crippen LogP contribution in [0.3, 0.4) is 0 Å². The molecule has 0 unspecified atom stereocenters. The third-order valence-corrected chi connectivity index (χ3v) is 1.80. The Labute approximate surface area is 81.1 Å². The summed E-state index contributed by atoms with van der Waals surface area (Å²) >= 11 is 5.75. The van der Waals surface area contributed by atoms with Crippen molar-refractivity contribution < 1.29 is 9.90 Å². The third-order valence-electron chi connectivity index (χ3n) is 1.47. The fourth-order valence-corrected chi connectivity index (χ4v) is 1.12. The predicted octanol–water partition coefficient (Wildman–Crippen LogP) is 1.50. The molecule has 0 bridgehead atoms. The van der Waals surface area contributed by atoms with Gasteiger partial charge in [0.15, 0.2) is 6.29 Å². The van der Waals surface area contributed by atoms with Crippen LogP contribution in [-0.2, 0) is 0 Å². The van der Waals surface area contributed by atoms with Gasteiger partial charge < -0.3 is 5.11 Å². The Morgan fingerprint density at radius 3 is 2.92 bits per heavy atom.